The molecule has 0 rings (SSSR count). The molecule has 0 aliphatic heterocycles. The van der Waals surface area contributed by atoms with Crippen molar-refractivity contribution in [2.45, 2.75) is 18.2 Å². The van der Waals surface area contributed by atoms with Crippen molar-refractivity contribution < 1.29 is 4.74 Å². The maximum atomic E-state index is 4.86. The van der Waals surface area contributed by atoms with E-state index in [0.29, 0.717) is 0 Å². The van der Waals surface area contributed by atoms with E-state index in [1.807, 2.05) is 0 Å². The molecule has 44 valence electrons. The Hall–Kier alpha value is 0.440. The third-order valence-electron chi connectivity index (χ3n) is 0.488. The van der Waals surface area contributed by atoms with Gasteiger partial charge in [0, 0.05) is 11.4 Å². The summed E-state index contributed by atoms with van der Waals surface area (Å²) >= 11 is 3.41. The maximum Gasteiger partial charge on any atom is 0.0610 e. The van der Waals surface area contributed by atoms with Crippen molar-refractivity contribution in [2.24, 2.45) is 0 Å². The predicted molar refractivity (Wildman–Crippen MR) is 34.9 cm³/mol. The van der Waals surface area contributed by atoms with Crippen LogP contribution >= 0.6 is 15.9 Å². The molecule has 7 heavy (non-hydrogen) atoms. The van der Waals surface area contributed by atoms with E-state index in [9.17, 15) is 0 Å². The smallest absolute Gasteiger partial charge is 0.0610 e. The highest BCUT2D eigenvalue weighted by Gasteiger charge is 2.09. The number of halogens is 1. The molecule has 0 bridgehead atoms. The van der Waals surface area contributed by atoms with E-state index in [0.717, 1.165) is 6.61 Å². The number of ether oxygens (including phenoxy) is 1. The topological polar surface area (TPSA) is 9.23 Å². The molecule has 0 aromatic carbocycles. The fraction of sp³-hybridized carbons (Fsp3) is 1.00. The first-order valence-electron chi connectivity index (χ1n) is 2.24. The summed E-state index contributed by atoms with van der Waals surface area (Å²) in [5.41, 5.74) is 0. The van der Waals surface area contributed by atoms with Crippen LogP contribution in [0.4, 0.5) is 0 Å². The van der Waals surface area contributed by atoms with Gasteiger partial charge in [-0.25, -0.2) is 0 Å². The molecule has 1 nitrogen and oxygen atoms in total. The summed E-state index contributed by atoms with van der Waals surface area (Å²) < 4.78 is 5.00. The van der Waals surface area contributed by atoms with Gasteiger partial charge in [-0.3, -0.25) is 0 Å². The molecule has 0 saturated heterocycles. The zero-order chi connectivity index (χ0) is 5.91. The third kappa shape index (κ3) is 6.44. The first-order chi connectivity index (χ1) is 3.06. The number of rotatable bonds is 2. The summed E-state index contributed by atoms with van der Waals surface area (Å²) in [6.45, 7) is 4.89. The van der Waals surface area contributed by atoms with E-state index in [2.05, 4.69) is 29.8 Å². The van der Waals surface area contributed by atoms with Crippen molar-refractivity contribution in [2.75, 3.05) is 13.7 Å². The quantitative estimate of drug-likeness (QED) is 0.570. The van der Waals surface area contributed by atoms with Crippen molar-refractivity contribution in [3.63, 3.8) is 0 Å². The molecule has 0 aliphatic carbocycles. The predicted octanol–water partition coefficient (Wildman–Crippen LogP) is 1.81. The molecular formula is C5H11BrO. The maximum absolute atomic E-state index is 4.86. The minimum absolute atomic E-state index is 0.141. The molecule has 0 heterocycles. The van der Waals surface area contributed by atoms with Crippen molar-refractivity contribution in [3.05, 3.63) is 0 Å². The Morgan fingerprint density at radius 2 is 2.00 bits per heavy atom. The lowest BCUT2D eigenvalue weighted by atomic mass is 10.2. The van der Waals surface area contributed by atoms with Gasteiger partial charge >= 0.3 is 0 Å². The van der Waals surface area contributed by atoms with Gasteiger partial charge in [-0.15, -0.1) is 0 Å². The largest absolute Gasteiger partial charge is 0.383 e. The second kappa shape index (κ2) is 2.68. The summed E-state index contributed by atoms with van der Waals surface area (Å²) in [5, 5.41) is 0. The van der Waals surface area contributed by atoms with Crippen LogP contribution in [0.25, 0.3) is 0 Å². The van der Waals surface area contributed by atoms with Crippen molar-refractivity contribution in [3.8, 4) is 0 Å². The lowest BCUT2D eigenvalue weighted by Gasteiger charge is -2.12. The van der Waals surface area contributed by atoms with Gasteiger partial charge in [-0.1, -0.05) is 15.9 Å². The number of hydrogen-bond acceptors (Lipinski definition) is 1. The summed E-state index contributed by atoms with van der Waals surface area (Å²) in [5.74, 6) is 0. The van der Waals surface area contributed by atoms with Crippen LogP contribution in [0.3, 0.4) is 0 Å². The molecule has 0 unspecified atom stereocenters. The second-order valence-corrected chi connectivity index (χ2v) is 4.30. The van der Waals surface area contributed by atoms with Gasteiger partial charge < -0.3 is 4.74 Å². The normalized spacial score (nSPS) is 12.0. The Morgan fingerprint density at radius 3 is 2.00 bits per heavy atom. The van der Waals surface area contributed by atoms with Gasteiger partial charge in [0.15, 0.2) is 0 Å². The Bertz CT molecular complexity index is 46.5. The highest BCUT2D eigenvalue weighted by Crippen LogP contribution is 2.14. The average molecular weight is 167 g/mol. The minimum Gasteiger partial charge on any atom is -0.383 e. The first kappa shape index (κ1) is 7.44. The summed E-state index contributed by atoms with van der Waals surface area (Å²) in [6.07, 6.45) is 0. The molecular weight excluding hydrogens is 156 g/mol. The second-order valence-electron chi connectivity index (χ2n) is 2.15. The summed E-state index contributed by atoms with van der Waals surface area (Å²) in [7, 11) is 1.70. The molecule has 2 heteroatoms. The number of methoxy groups -OCH3 is 1. The lowest BCUT2D eigenvalue weighted by molar-refractivity contribution is 0.181. The Morgan fingerprint density at radius 1 is 1.57 bits per heavy atom. The molecule has 0 aromatic heterocycles. The van der Waals surface area contributed by atoms with Crippen LogP contribution in [0.2, 0.25) is 0 Å². The van der Waals surface area contributed by atoms with Crippen LogP contribution in [0.5, 0.6) is 0 Å². The fourth-order valence-corrected chi connectivity index (χ4v) is 0.572. The van der Waals surface area contributed by atoms with Crippen molar-refractivity contribution in [1.29, 1.82) is 0 Å². The SMILES string of the molecule is COCC(C)(C)Br. The average Bonchev–Trinajstić information content (AvgIpc) is 1.30. The van der Waals surface area contributed by atoms with E-state index in [1.54, 1.807) is 7.11 Å². The molecule has 0 saturated carbocycles. The number of alkyl halides is 1. The monoisotopic (exact) mass is 166 g/mol. The van der Waals surface area contributed by atoms with Gasteiger partial charge in [0.25, 0.3) is 0 Å². The van der Waals surface area contributed by atoms with Crippen LogP contribution in [0.1, 0.15) is 13.8 Å². The van der Waals surface area contributed by atoms with Gasteiger partial charge in [-0.2, -0.15) is 0 Å². The van der Waals surface area contributed by atoms with Gasteiger partial charge in [0.1, 0.15) is 0 Å². The van der Waals surface area contributed by atoms with Gasteiger partial charge in [-0.05, 0) is 13.8 Å². The standard InChI is InChI=1S/C5H11BrO/c1-5(2,6)4-7-3/h4H2,1-3H3. The molecule has 0 atom stereocenters. The van der Waals surface area contributed by atoms with Crippen molar-refractivity contribution in [1.82, 2.24) is 0 Å². The van der Waals surface area contributed by atoms with Crippen LogP contribution < -0.4 is 0 Å². The van der Waals surface area contributed by atoms with E-state index < -0.39 is 0 Å². The Balaban J connectivity index is 3.15. The van der Waals surface area contributed by atoms with Gasteiger partial charge in [0.05, 0.1) is 6.61 Å². The van der Waals surface area contributed by atoms with Crippen LogP contribution in [-0.4, -0.2) is 18.0 Å². The molecule has 0 N–H and O–H groups in total. The third-order valence-corrected chi connectivity index (χ3v) is 0.716. The van der Waals surface area contributed by atoms with E-state index >= 15 is 0 Å². The molecule has 0 fully saturated rings. The summed E-state index contributed by atoms with van der Waals surface area (Å²) in [6, 6.07) is 0. The first-order valence-corrected chi connectivity index (χ1v) is 3.03. The van der Waals surface area contributed by atoms with Gasteiger partial charge in [0.2, 0.25) is 0 Å². The van der Waals surface area contributed by atoms with E-state index in [4.69, 9.17) is 4.74 Å². The number of hydrogen-bond donors (Lipinski definition) is 0. The van der Waals surface area contributed by atoms with E-state index in [-0.39, 0.29) is 4.32 Å². The Labute approximate surface area is 53.2 Å². The molecule has 0 radical (unpaired) electrons. The van der Waals surface area contributed by atoms with Crippen LogP contribution in [-0.2, 0) is 4.74 Å². The molecule has 0 spiro atoms. The minimum atomic E-state index is 0.141. The lowest BCUT2D eigenvalue weighted by Crippen LogP contribution is -2.16. The van der Waals surface area contributed by atoms with Crippen LogP contribution in [0, 0.1) is 0 Å². The Kier molecular flexibility index (Phi) is 2.84. The molecule has 0 amide bonds. The van der Waals surface area contributed by atoms with Crippen LogP contribution in [0.15, 0.2) is 0 Å². The zero-order valence-electron chi connectivity index (χ0n) is 4.99. The highest BCUT2D eigenvalue weighted by atomic mass is 79.9. The molecule has 0 aliphatic rings. The van der Waals surface area contributed by atoms with Crippen molar-refractivity contribution >= 4 is 15.9 Å². The highest BCUT2D eigenvalue weighted by molar-refractivity contribution is 9.10. The zero-order valence-corrected chi connectivity index (χ0v) is 6.58. The summed E-state index contributed by atoms with van der Waals surface area (Å²) in [4.78, 5) is 0. The van der Waals surface area contributed by atoms with E-state index in [1.165, 1.54) is 0 Å². The fourth-order valence-electron chi connectivity index (χ4n) is 0.343. The molecule has 0 aromatic rings.